The van der Waals surface area contributed by atoms with E-state index in [-0.39, 0.29) is 5.75 Å². The Kier molecular flexibility index (Phi) is 4.82. The minimum absolute atomic E-state index is 0.325. The van der Waals surface area contributed by atoms with Crippen LogP contribution in [0.4, 0.5) is 13.2 Å². The molecule has 1 N–H and O–H groups in total. The molecule has 1 aromatic carbocycles. The largest absolute Gasteiger partial charge is 0.573 e. The van der Waals surface area contributed by atoms with E-state index < -0.39 is 18.0 Å². The lowest BCUT2D eigenvalue weighted by atomic mass is 9.91. The molecule has 1 aromatic heterocycles. The number of hydrogen-bond donors (Lipinski definition) is 1. The smallest absolute Gasteiger partial charge is 0.406 e. The highest BCUT2D eigenvalue weighted by atomic mass is 19.4. The number of rotatable bonds is 4. The van der Waals surface area contributed by atoms with Gasteiger partial charge in [-0.15, -0.1) is 18.3 Å². The molecule has 2 aliphatic rings. The number of hydrazine groups is 1. The average Bonchev–Trinajstić information content (AvgIpc) is 3.31. The fourth-order valence-electron chi connectivity index (χ4n) is 3.46. The molecule has 12 heteroatoms. The molecule has 0 aliphatic carbocycles. The number of alkyl halides is 3. The first kappa shape index (κ1) is 20.0. The summed E-state index contributed by atoms with van der Waals surface area (Å²) in [6.07, 6.45) is 2.01. The Hall–Kier alpha value is -3.25. The molecule has 0 unspecified atom stereocenters. The quantitative estimate of drug-likeness (QED) is 0.810. The fourth-order valence-corrected chi connectivity index (χ4v) is 3.46. The molecule has 0 saturated heterocycles. The van der Waals surface area contributed by atoms with Crippen LogP contribution in [0, 0.1) is 0 Å². The van der Waals surface area contributed by atoms with E-state index in [1.807, 2.05) is 11.1 Å². The highest BCUT2D eigenvalue weighted by Crippen LogP contribution is 2.38. The maximum Gasteiger partial charge on any atom is 0.573 e. The van der Waals surface area contributed by atoms with Crippen LogP contribution in [0.3, 0.4) is 0 Å². The Balaban J connectivity index is 1.59. The van der Waals surface area contributed by atoms with Gasteiger partial charge in [-0.3, -0.25) is 5.01 Å². The Morgan fingerprint density at radius 2 is 1.90 bits per heavy atom. The van der Waals surface area contributed by atoms with Gasteiger partial charge in [0.1, 0.15) is 17.9 Å². The van der Waals surface area contributed by atoms with Crippen molar-refractivity contribution in [2.45, 2.75) is 31.9 Å². The Morgan fingerprint density at radius 3 is 2.50 bits per heavy atom. The van der Waals surface area contributed by atoms with Crippen LogP contribution in [0.15, 0.2) is 59.8 Å². The number of benzene rings is 1. The highest BCUT2D eigenvalue weighted by Gasteiger charge is 2.40. The molecule has 0 saturated carbocycles. The van der Waals surface area contributed by atoms with Gasteiger partial charge in [0.05, 0.1) is 11.6 Å². The maximum absolute atomic E-state index is 12.4. The van der Waals surface area contributed by atoms with Gasteiger partial charge in [-0.25, -0.2) is 10.0 Å². The van der Waals surface area contributed by atoms with Gasteiger partial charge in [0.25, 0.3) is 0 Å². The van der Waals surface area contributed by atoms with Crippen LogP contribution in [-0.2, 0) is 0 Å². The summed E-state index contributed by atoms with van der Waals surface area (Å²) in [5, 5.41) is 25.5. The Labute approximate surface area is 169 Å². The lowest BCUT2D eigenvalue weighted by molar-refractivity contribution is -0.274. The zero-order valence-electron chi connectivity index (χ0n) is 16.0. The van der Waals surface area contributed by atoms with E-state index in [0.717, 1.165) is 0 Å². The van der Waals surface area contributed by atoms with Crippen molar-refractivity contribution < 1.29 is 23.0 Å². The number of tetrazole rings is 1. The molecular weight excluding hydrogens is 403 g/mol. The second kappa shape index (κ2) is 7.22. The van der Waals surface area contributed by atoms with Crippen LogP contribution in [0.25, 0.3) is 0 Å². The van der Waals surface area contributed by atoms with E-state index >= 15 is 0 Å². The molecule has 0 amide bonds. The van der Waals surface area contributed by atoms with Gasteiger partial charge < -0.3 is 9.84 Å². The fraction of sp³-hybridized carbons (Fsp3) is 0.333. The van der Waals surface area contributed by atoms with Crippen LogP contribution < -0.4 is 4.74 Å². The van der Waals surface area contributed by atoms with Crippen LogP contribution in [0.1, 0.15) is 25.5 Å². The molecule has 2 aliphatic heterocycles. The number of hydrogen-bond acceptors (Lipinski definition) is 8. The van der Waals surface area contributed by atoms with Gasteiger partial charge in [0.15, 0.2) is 5.84 Å². The van der Waals surface area contributed by atoms with Gasteiger partial charge in [-0.2, -0.15) is 4.68 Å². The van der Waals surface area contributed by atoms with E-state index in [1.165, 1.54) is 35.3 Å². The third kappa shape index (κ3) is 4.04. The molecule has 4 rings (SSSR count). The molecule has 30 heavy (non-hydrogen) atoms. The number of fused-ring (bicyclic) bond motifs is 1. The molecule has 3 heterocycles. The summed E-state index contributed by atoms with van der Waals surface area (Å²) in [4.78, 5) is 4.52. The second-order valence-electron chi connectivity index (χ2n) is 7.24. The summed E-state index contributed by atoms with van der Waals surface area (Å²) in [6.45, 7) is 3.71. The summed E-state index contributed by atoms with van der Waals surface area (Å²) in [7, 11) is 0. The zero-order valence-corrected chi connectivity index (χ0v) is 16.0. The van der Waals surface area contributed by atoms with E-state index in [1.54, 1.807) is 31.1 Å². The lowest BCUT2D eigenvalue weighted by Gasteiger charge is -2.42. The number of aromatic nitrogens is 4. The van der Waals surface area contributed by atoms with Crippen LogP contribution >= 0.6 is 0 Å². The lowest BCUT2D eigenvalue weighted by Crippen LogP contribution is -2.47. The van der Waals surface area contributed by atoms with Gasteiger partial charge in [0.2, 0.25) is 0 Å². The van der Waals surface area contributed by atoms with E-state index in [0.29, 0.717) is 23.8 Å². The average molecular weight is 421 g/mol. The molecule has 0 fully saturated rings. The third-order valence-corrected chi connectivity index (χ3v) is 4.55. The first-order valence-corrected chi connectivity index (χ1v) is 8.96. The number of allylic oxidation sites excluding steroid dienone is 1. The number of halogens is 3. The normalized spacial score (nSPS) is 18.1. The summed E-state index contributed by atoms with van der Waals surface area (Å²) in [6, 6.07) is 4.90. The monoisotopic (exact) mass is 421 g/mol. The molecule has 1 atom stereocenters. The predicted octanol–water partition coefficient (Wildman–Crippen LogP) is 2.23. The minimum atomic E-state index is -4.77. The van der Waals surface area contributed by atoms with Crippen LogP contribution in [0.5, 0.6) is 5.75 Å². The summed E-state index contributed by atoms with van der Waals surface area (Å²) in [5.74, 6) is 0.821. The summed E-state index contributed by atoms with van der Waals surface area (Å²) >= 11 is 0. The van der Waals surface area contributed by atoms with Crippen molar-refractivity contribution in [2.24, 2.45) is 4.99 Å². The van der Waals surface area contributed by atoms with Crippen molar-refractivity contribution >= 4 is 5.84 Å². The van der Waals surface area contributed by atoms with Crippen molar-refractivity contribution in [3.8, 4) is 5.75 Å². The van der Waals surface area contributed by atoms with E-state index in [2.05, 4.69) is 25.3 Å². The van der Waals surface area contributed by atoms with Crippen molar-refractivity contribution in [3.05, 3.63) is 60.3 Å². The minimum Gasteiger partial charge on any atom is -0.406 e. The molecule has 9 nitrogen and oxygen atoms in total. The molecule has 0 radical (unpaired) electrons. The van der Waals surface area contributed by atoms with Crippen molar-refractivity contribution in [1.82, 2.24) is 30.2 Å². The second-order valence-corrected chi connectivity index (χ2v) is 7.24. The van der Waals surface area contributed by atoms with E-state index in [9.17, 15) is 18.3 Å². The van der Waals surface area contributed by atoms with Crippen LogP contribution in [0.2, 0.25) is 0 Å². The maximum atomic E-state index is 12.4. The summed E-state index contributed by atoms with van der Waals surface area (Å²) < 4.78 is 42.7. The number of aliphatic hydroxyl groups is 1. The molecular formula is C18H18F3N7O2. The number of ether oxygens (including phenoxy) is 1. The molecule has 0 spiro atoms. The van der Waals surface area contributed by atoms with Crippen LogP contribution in [-0.4, -0.2) is 59.7 Å². The first-order valence-electron chi connectivity index (χ1n) is 8.96. The zero-order chi connectivity index (χ0) is 21.5. The number of aliphatic imine (C=N–C) groups is 1. The SMILES string of the molecule is CC(C)(O)[C@H](c1ccc(OC(F)(F)F)cc1)N1CC=C2N=C(n3cnnn3)C=CN21. The molecule has 2 aromatic rings. The Bertz CT molecular complexity index is 992. The topological polar surface area (TPSA) is 91.9 Å². The van der Waals surface area contributed by atoms with Gasteiger partial charge in [0, 0.05) is 18.8 Å². The van der Waals surface area contributed by atoms with Gasteiger partial charge in [-0.1, -0.05) is 12.1 Å². The van der Waals surface area contributed by atoms with Gasteiger partial charge in [-0.05, 0) is 48.0 Å². The predicted molar refractivity (Wildman–Crippen MR) is 98.6 cm³/mol. The number of nitrogens with zero attached hydrogens (tertiary/aromatic N) is 7. The molecule has 0 bridgehead atoms. The van der Waals surface area contributed by atoms with E-state index in [4.69, 9.17) is 0 Å². The van der Waals surface area contributed by atoms with Crippen molar-refractivity contribution in [3.63, 3.8) is 0 Å². The van der Waals surface area contributed by atoms with Crippen molar-refractivity contribution in [2.75, 3.05) is 6.54 Å². The Morgan fingerprint density at radius 1 is 1.17 bits per heavy atom. The first-order chi connectivity index (χ1) is 14.1. The third-order valence-electron chi connectivity index (χ3n) is 4.55. The van der Waals surface area contributed by atoms with Gasteiger partial charge >= 0.3 is 6.36 Å². The molecule has 158 valence electrons. The standard InChI is InChI=1S/C18H18F3N7O2/c1-17(2,29)16(12-3-5-13(6-4-12)30-18(19,20)21)28-10-8-15-23-14(7-9-27(15)28)26-11-22-24-25-26/h3-9,11,16,29H,10H2,1-2H3/t16-/m0/s1. The highest BCUT2D eigenvalue weighted by molar-refractivity contribution is 5.95. The summed E-state index contributed by atoms with van der Waals surface area (Å²) in [5.41, 5.74) is -0.598. The van der Waals surface area contributed by atoms with Crippen molar-refractivity contribution in [1.29, 1.82) is 0 Å².